The Bertz CT molecular complexity index is 470. The number of aromatic nitrogens is 2. The largest absolute Gasteiger partial charge is 0.307 e. The molecule has 2 heterocycles. The lowest BCUT2D eigenvalue weighted by molar-refractivity contribution is 0.681. The predicted octanol–water partition coefficient (Wildman–Crippen LogP) is 2.79. The Hall–Kier alpha value is -0.970. The summed E-state index contributed by atoms with van der Waals surface area (Å²) in [6.07, 6.45) is 3.40. The van der Waals surface area contributed by atoms with Crippen LogP contribution in [-0.2, 0) is 13.1 Å². The first kappa shape index (κ1) is 11.5. The van der Waals surface area contributed by atoms with Gasteiger partial charge in [-0.2, -0.15) is 0 Å². The van der Waals surface area contributed by atoms with Gasteiger partial charge in [0.2, 0.25) is 0 Å². The van der Waals surface area contributed by atoms with E-state index in [1.807, 2.05) is 13.0 Å². The minimum absolute atomic E-state index is 0.699. The molecule has 0 fully saturated rings. The van der Waals surface area contributed by atoms with Gasteiger partial charge in [0, 0.05) is 30.9 Å². The third-order valence-electron chi connectivity index (χ3n) is 2.14. The molecule has 2 aromatic heterocycles. The number of hydrogen-bond donors (Lipinski definition) is 1. The quantitative estimate of drug-likeness (QED) is 0.911. The first-order chi connectivity index (χ1) is 7.75. The maximum atomic E-state index is 5.99. The highest BCUT2D eigenvalue weighted by Gasteiger charge is 2.00. The number of thiazole rings is 1. The third-order valence-corrected chi connectivity index (χ3v) is 3.31. The molecule has 0 aliphatic carbocycles. The maximum absolute atomic E-state index is 5.99. The van der Waals surface area contributed by atoms with Crippen molar-refractivity contribution in [3.63, 3.8) is 0 Å². The summed E-state index contributed by atoms with van der Waals surface area (Å²) in [6.45, 7) is 3.51. The average Bonchev–Trinajstić information content (AvgIpc) is 2.67. The van der Waals surface area contributed by atoms with E-state index in [1.165, 1.54) is 0 Å². The molecule has 0 aromatic carbocycles. The minimum Gasteiger partial charge on any atom is -0.307 e. The van der Waals surface area contributed by atoms with Gasteiger partial charge in [-0.3, -0.25) is 4.98 Å². The number of aryl methyl sites for hydroxylation is 1. The fourth-order valence-electron chi connectivity index (χ4n) is 1.36. The van der Waals surface area contributed by atoms with E-state index >= 15 is 0 Å². The van der Waals surface area contributed by atoms with E-state index in [2.05, 4.69) is 20.7 Å². The van der Waals surface area contributed by atoms with Crippen LogP contribution in [0.1, 0.15) is 16.3 Å². The number of halogens is 1. The van der Waals surface area contributed by atoms with Gasteiger partial charge in [-0.15, -0.1) is 11.3 Å². The highest BCUT2D eigenvalue weighted by molar-refractivity contribution is 7.09. The predicted molar refractivity (Wildman–Crippen MR) is 66.6 cm³/mol. The molecule has 0 saturated carbocycles. The van der Waals surface area contributed by atoms with Gasteiger partial charge in [-0.1, -0.05) is 11.6 Å². The molecular formula is C11H12ClN3S. The molecule has 0 saturated heterocycles. The van der Waals surface area contributed by atoms with Crippen molar-refractivity contribution >= 4 is 22.9 Å². The van der Waals surface area contributed by atoms with Crippen LogP contribution in [0.5, 0.6) is 0 Å². The molecule has 0 amide bonds. The third kappa shape index (κ3) is 3.01. The molecule has 0 spiro atoms. The molecule has 84 valence electrons. The molecule has 2 aromatic rings. The Kier molecular flexibility index (Phi) is 3.88. The van der Waals surface area contributed by atoms with Gasteiger partial charge in [0.1, 0.15) is 0 Å². The summed E-state index contributed by atoms with van der Waals surface area (Å²) in [5, 5.41) is 7.16. The Morgan fingerprint density at radius 3 is 3.00 bits per heavy atom. The van der Waals surface area contributed by atoms with Crippen LogP contribution in [0.3, 0.4) is 0 Å². The molecule has 0 aliphatic heterocycles. The van der Waals surface area contributed by atoms with Gasteiger partial charge in [0.15, 0.2) is 0 Å². The van der Waals surface area contributed by atoms with Crippen LogP contribution in [0, 0.1) is 6.92 Å². The molecule has 0 aliphatic rings. The highest BCUT2D eigenvalue weighted by atomic mass is 35.5. The summed E-state index contributed by atoms with van der Waals surface area (Å²) in [5.41, 5.74) is 2.14. The van der Waals surface area contributed by atoms with Gasteiger partial charge in [-0.05, 0) is 18.6 Å². The normalized spacial score (nSPS) is 10.6. The summed E-state index contributed by atoms with van der Waals surface area (Å²) < 4.78 is 0. The van der Waals surface area contributed by atoms with E-state index < -0.39 is 0 Å². The topological polar surface area (TPSA) is 37.8 Å². The Morgan fingerprint density at radius 2 is 2.31 bits per heavy atom. The first-order valence-corrected chi connectivity index (χ1v) is 6.21. The second kappa shape index (κ2) is 5.39. The second-order valence-electron chi connectivity index (χ2n) is 3.43. The smallest absolute Gasteiger partial charge is 0.0897 e. The highest BCUT2D eigenvalue weighted by Crippen LogP contribution is 2.13. The van der Waals surface area contributed by atoms with Gasteiger partial charge in [0.05, 0.1) is 15.7 Å². The molecule has 0 unspecified atom stereocenters. The minimum atomic E-state index is 0.699. The standard InChI is InChI=1S/C11H12ClN3S/c1-8-15-10(7-16-8)5-14-4-9-2-3-13-6-11(9)12/h2-3,6-7,14H,4-5H2,1H3. The maximum Gasteiger partial charge on any atom is 0.0897 e. The molecule has 1 N–H and O–H groups in total. The summed E-state index contributed by atoms with van der Waals surface area (Å²) in [4.78, 5) is 8.32. The number of nitrogens with one attached hydrogen (secondary N) is 1. The SMILES string of the molecule is Cc1nc(CNCc2ccncc2Cl)cs1. The van der Waals surface area contributed by atoms with Crippen molar-refractivity contribution in [3.05, 3.63) is 45.1 Å². The Balaban J connectivity index is 1.87. The molecule has 0 bridgehead atoms. The fourth-order valence-corrected chi connectivity index (χ4v) is 2.16. The van der Waals surface area contributed by atoms with E-state index in [1.54, 1.807) is 23.7 Å². The number of pyridine rings is 1. The lowest BCUT2D eigenvalue weighted by atomic mass is 10.2. The summed E-state index contributed by atoms with van der Waals surface area (Å²) in [7, 11) is 0. The van der Waals surface area contributed by atoms with Gasteiger partial charge >= 0.3 is 0 Å². The van der Waals surface area contributed by atoms with Crippen LogP contribution in [0.15, 0.2) is 23.8 Å². The van der Waals surface area contributed by atoms with Crippen LogP contribution in [0.25, 0.3) is 0 Å². The van der Waals surface area contributed by atoms with Crippen molar-refractivity contribution in [1.29, 1.82) is 0 Å². The Morgan fingerprint density at radius 1 is 1.44 bits per heavy atom. The number of nitrogens with zero attached hydrogens (tertiary/aromatic N) is 2. The molecule has 5 heteroatoms. The molecule has 3 nitrogen and oxygen atoms in total. The lowest BCUT2D eigenvalue weighted by Crippen LogP contribution is -2.13. The fraction of sp³-hybridized carbons (Fsp3) is 0.273. The zero-order chi connectivity index (χ0) is 11.4. The monoisotopic (exact) mass is 253 g/mol. The van der Waals surface area contributed by atoms with E-state index in [0.29, 0.717) is 5.02 Å². The van der Waals surface area contributed by atoms with Crippen LogP contribution < -0.4 is 5.32 Å². The van der Waals surface area contributed by atoms with Gasteiger partial charge in [-0.25, -0.2) is 4.98 Å². The zero-order valence-electron chi connectivity index (χ0n) is 8.90. The molecule has 0 radical (unpaired) electrons. The lowest BCUT2D eigenvalue weighted by Gasteiger charge is -2.04. The van der Waals surface area contributed by atoms with Crippen LogP contribution in [0.2, 0.25) is 5.02 Å². The van der Waals surface area contributed by atoms with Crippen molar-refractivity contribution in [3.8, 4) is 0 Å². The number of rotatable bonds is 4. The molecular weight excluding hydrogens is 242 g/mol. The first-order valence-electron chi connectivity index (χ1n) is 4.96. The number of hydrogen-bond acceptors (Lipinski definition) is 4. The van der Waals surface area contributed by atoms with E-state index in [-0.39, 0.29) is 0 Å². The average molecular weight is 254 g/mol. The van der Waals surface area contributed by atoms with Gasteiger partial charge < -0.3 is 5.32 Å². The van der Waals surface area contributed by atoms with E-state index in [9.17, 15) is 0 Å². The van der Waals surface area contributed by atoms with Crippen LogP contribution in [-0.4, -0.2) is 9.97 Å². The van der Waals surface area contributed by atoms with E-state index in [4.69, 9.17) is 11.6 Å². The van der Waals surface area contributed by atoms with Crippen molar-refractivity contribution in [2.75, 3.05) is 0 Å². The van der Waals surface area contributed by atoms with Crippen molar-refractivity contribution in [2.24, 2.45) is 0 Å². The van der Waals surface area contributed by atoms with Crippen LogP contribution >= 0.6 is 22.9 Å². The van der Waals surface area contributed by atoms with E-state index in [0.717, 1.165) is 29.4 Å². The second-order valence-corrected chi connectivity index (χ2v) is 4.90. The molecule has 0 atom stereocenters. The van der Waals surface area contributed by atoms with Crippen molar-refractivity contribution < 1.29 is 0 Å². The van der Waals surface area contributed by atoms with Crippen LogP contribution in [0.4, 0.5) is 0 Å². The van der Waals surface area contributed by atoms with Crippen molar-refractivity contribution in [2.45, 2.75) is 20.0 Å². The summed E-state index contributed by atoms with van der Waals surface area (Å²) in [5.74, 6) is 0. The van der Waals surface area contributed by atoms with Crippen molar-refractivity contribution in [1.82, 2.24) is 15.3 Å². The summed E-state index contributed by atoms with van der Waals surface area (Å²) in [6, 6.07) is 1.92. The Labute approximate surface area is 104 Å². The molecule has 2 rings (SSSR count). The van der Waals surface area contributed by atoms with Gasteiger partial charge in [0.25, 0.3) is 0 Å². The summed E-state index contributed by atoms with van der Waals surface area (Å²) >= 11 is 7.66. The molecule has 16 heavy (non-hydrogen) atoms. The zero-order valence-corrected chi connectivity index (χ0v) is 10.5.